The summed E-state index contributed by atoms with van der Waals surface area (Å²) in [6.45, 7) is 1.60. The fourth-order valence-electron chi connectivity index (χ4n) is 1.34. The van der Waals surface area contributed by atoms with Crippen LogP contribution in [0.4, 0.5) is 0 Å². The van der Waals surface area contributed by atoms with E-state index in [0.717, 1.165) is 24.7 Å². The number of nitrogens with one attached hydrogen (secondary N) is 2. The van der Waals surface area contributed by atoms with Crippen LogP contribution >= 0.6 is 0 Å². The maximum atomic E-state index is 4.16. The molecule has 0 fully saturated rings. The fourth-order valence-corrected chi connectivity index (χ4v) is 1.34. The third-order valence-corrected chi connectivity index (χ3v) is 1.95. The summed E-state index contributed by atoms with van der Waals surface area (Å²) in [4.78, 5) is 16.6. The van der Waals surface area contributed by atoms with Crippen molar-refractivity contribution in [2.75, 3.05) is 7.05 Å². The molecular weight excluding hydrogens is 178 g/mol. The van der Waals surface area contributed by atoms with Crippen molar-refractivity contribution < 1.29 is 0 Å². The van der Waals surface area contributed by atoms with Gasteiger partial charge in [-0.3, -0.25) is 4.90 Å². The molecule has 0 saturated carbocycles. The molecular formula is C9H13N5. The van der Waals surface area contributed by atoms with Crippen LogP contribution in [0.2, 0.25) is 0 Å². The summed E-state index contributed by atoms with van der Waals surface area (Å²) in [5.41, 5.74) is 0. The standard InChI is InChI=1S/C9H13N5/c1-14(6-8-10-2-3-11-8)7-9-12-4-5-13-9/h2-5H,6-7H2,1H3,(H,10,11)(H,12,13). The normalized spacial score (nSPS) is 11.0. The summed E-state index contributed by atoms with van der Waals surface area (Å²) in [5, 5.41) is 0. The Hall–Kier alpha value is -1.62. The smallest absolute Gasteiger partial charge is 0.120 e. The van der Waals surface area contributed by atoms with Gasteiger partial charge in [0.1, 0.15) is 11.6 Å². The first-order valence-electron chi connectivity index (χ1n) is 4.49. The first-order valence-corrected chi connectivity index (χ1v) is 4.49. The lowest BCUT2D eigenvalue weighted by molar-refractivity contribution is 0.304. The van der Waals surface area contributed by atoms with E-state index in [4.69, 9.17) is 0 Å². The predicted octanol–water partition coefficient (Wildman–Crippen LogP) is 0.765. The van der Waals surface area contributed by atoms with Crippen molar-refractivity contribution in [3.8, 4) is 0 Å². The number of aromatic amines is 2. The van der Waals surface area contributed by atoms with Crippen LogP contribution < -0.4 is 0 Å². The summed E-state index contributed by atoms with van der Waals surface area (Å²) in [7, 11) is 2.03. The van der Waals surface area contributed by atoms with Crippen molar-refractivity contribution in [1.82, 2.24) is 24.8 Å². The van der Waals surface area contributed by atoms with Crippen molar-refractivity contribution in [3.05, 3.63) is 36.4 Å². The summed E-state index contributed by atoms with van der Waals surface area (Å²) >= 11 is 0. The van der Waals surface area contributed by atoms with E-state index in [1.807, 2.05) is 19.4 Å². The van der Waals surface area contributed by atoms with E-state index in [9.17, 15) is 0 Å². The Kier molecular flexibility index (Phi) is 2.60. The monoisotopic (exact) mass is 191 g/mol. The van der Waals surface area contributed by atoms with Gasteiger partial charge in [-0.15, -0.1) is 0 Å². The third-order valence-electron chi connectivity index (χ3n) is 1.95. The molecule has 2 heterocycles. The van der Waals surface area contributed by atoms with E-state index in [1.54, 1.807) is 12.4 Å². The third kappa shape index (κ3) is 2.20. The topological polar surface area (TPSA) is 60.6 Å². The summed E-state index contributed by atoms with van der Waals surface area (Å²) < 4.78 is 0. The Morgan fingerprint density at radius 1 is 1.07 bits per heavy atom. The molecule has 2 N–H and O–H groups in total. The summed E-state index contributed by atoms with van der Waals surface area (Å²) in [5.74, 6) is 1.94. The van der Waals surface area contributed by atoms with Crippen molar-refractivity contribution >= 4 is 0 Å². The molecule has 74 valence electrons. The molecule has 0 spiro atoms. The highest BCUT2D eigenvalue weighted by atomic mass is 15.1. The van der Waals surface area contributed by atoms with Crippen molar-refractivity contribution in [2.45, 2.75) is 13.1 Å². The molecule has 5 nitrogen and oxygen atoms in total. The molecule has 5 heteroatoms. The zero-order chi connectivity index (χ0) is 9.80. The van der Waals surface area contributed by atoms with E-state index in [1.165, 1.54) is 0 Å². The van der Waals surface area contributed by atoms with Crippen LogP contribution in [0.3, 0.4) is 0 Å². The van der Waals surface area contributed by atoms with Gasteiger partial charge in [-0.25, -0.2) is 9.97 Å². The summed E-state index contributed by atoms with van der Waals surface area (Å²) in [6, 6.07) is 0. The van der Waals surface area contributed by atoms with Gasteiger partial charge in [-0.2, -0.15) is 0 Å². The van der Waals surface area contributed by atoms with Gasteiger partial charge in [0.2, 0.25) is 0 Å². The molecule has 0 bridgehead atoms. The largest absolute Gasteiger partial charge is 0.348 e. The van der Waals surface area contributed by atoms with E-state index in [2.05, 4.69) is 24.8 Å². The molecule has 0 aliphatic heterocycles. The minimum Gasteiger partial charge on any atom is -0.348 e. The fraction of sp³-hybridized carbons (Fsp3) is 0.333. The second-order valence-corrected chi connectivity index (χ2v) is 3.24. The van der Waals surface area contributed by atoms with Crippen LogP contribution in [0.5, 0.6) is 0 Å². The van der Waals surface area contributed by atoms with Crippen molar-refractivity contribution in [3.63, 3.8) is 0 Å². The van der Waals surface area contributed by atoms with Crippen LogP contribution in [0, 0.1) is 0 Å². The number of hydrogen-bond acceptors (Lipinski definition) is 3. The van der Waals surface area contributed by atoms with E-state index in [0.29, 0.717) is 0 Å². The maximum absolute atomic E-state index is 4.16. The minimum absolute atomic E-state index is 0.799. The SMILES string of the molecule is CN(Cc1ncc[nH]1)Cc1ncc[nH]1. The molecule has 2 aromatic heterocycles. The van der Waals surface area contributed by atoms with Crippen LogP contribution in [-0.4, -0.2) is 31.9 Å². The average Bonchev–Trinajstić information content (AvgIpc) is 2.76. The number of imidazole rings is 2. The van der Waals surface area contributed by atoms with Gasteiger partial charge in [0.25, 0.3) is 0 Å². The number of rotatable bonds is 4. The first-order chi connectivity index (χ1) is 6.84. The average molecular weight is 191 g/mol. The highest BCUT2D eigenvalue weighted by Crippen LogP contribution is 2.00. The Balaban J connectivity index is 1.88. The number of nitrogens with zero attached hydrogens (tertiary/aromatic N) is 3. The number of H-pyrrole nitrogens is 2. The summed E-state index contributed by atoms with van der Waals surface area (Å²) in [6.07, 6.45) is 7.18. The lowest BCUT2D eigenvalue weighted by atomic mass is 10.5. The Labute approximate surface area is 82.2 Å². The molecule has 0 radical (unpaired) electrons. The molecule has 0 unspecified atom stereocenters. The van der Waals surface area contributed by atoms with Gasteiger partial charge in [-0.05, 0) is 7.05 Å². The van der Waals surface area contributed by atoms with Gasteiger partial charge in [0, 0.05) is 24.8 Å². The van der Waals surface area contributed by atoms with Gasteiger partial charge < -0.3 is 9.97 Å². The van der Waals surface area contributed by atoms with Crippen LogP contribution in [0.1, 0.15) is 11.6 Å². The van der Waals surface area contributed by atoms with Crippen LogP contribution in [-0.2, 0) is 13.1 Å². The predicted molar refractivity (Wildman–Crippen MR) is 52.3 cm³/mol. The highest BCUT2D eigenvalue weighted by molar-refractivity contribution is 4.89. The molecule has 0 amide bonds. The Morgan fingerprint density at radius 3 is 1.93 bits per heavy atom. The molecule has 0 saturated heterocycles. The lowest BCUT2D eigenvalue weighted by Gasteiger charge is -2.12. The van der Waals surface area contributed by atoms with Crippen LogP contribution in [0.15, 0.2) is 24.8 Å². The van der Waals surface area contributed by atoms with Crippen LogP contribution in [0.25, 0.3) is 0 Å². The quantitative estimate of drug-likeness (QED) is 0.750. The van der Waals surface area contributed by atoms with E-state index in [-0.39, 0.29) is 0 Å². The number of hydrogen-bond donors (Lipinski definition) is 2. The molecule has 2 rings (SSSR count). The van der Waals surface area contributed by atoms with E-state index >= 15 is 0 Å². The zero-order valence-corrected chi connectivity index (χ0v) is 8.07. The lowest BCUT2D eigenvalue weighted by Crippen LogP contribution is -2.18. The molecule has 14 heavy (non-hydrogen) atoms. The Morgan fingerprint density at radius 2 is 1.57 bits per heavy atom. The maximum Gasteiger partial charge on any atom is 0.120 e. The first kappa shape index (κ1) is 8.96. The van der Waals surface area contributed by atoms with Gasteiger partial charge in [0.05, 0.1) is 13.1 Å². The second kappa shape index (κ2) is 4.06. The molecule has 0 atom stereocenters. The zero-order valence-electron chi connectivity index (χ0n) is 8.07. The van der Waals surface area contributed by atoms with Gasteiger partial charge in [-0.1, -0.05) is 0 Å². The highest BCUT2D eigenvalue weighted by Gasteiger charge is 2.03. The van der Waals surface area contributed by atoms with Gasteiger partial charge in [0.15, 0.2) is 0 Å². The second-order valence-electron chi connectivity index (χ2n) is 3.24. The van der Waals surface area contributed by atoms with Crippen molar-refractivity contribution in [2.24, 2.45) is 0 Å². The Bertz CT molecular complexity index is 314. The minimum atomic E-state index is 0.799. The van der Waals surface area contributed by atoms with E-state index < -0.39 is 0 Å². The van der Waals surface area contributed by atoms with Gasteiger partial charge >= 0.3 is 0 Å². The molecule has 0 aromatic carbocycles. The molecule has 0 aliphatic rings. The number of aromatic nitrogens is 4. The molecule has 2 aromatic rings. The van der Waals surface area contributed by atoms with Crippen molar-refractivity contribution in [1.29, 1.82) is 0 Å². The molecule has 0 aliphatic carbocycles.